The Kier molecular flexibility index (Phi) is 5.05. The third-order valence-corrected chi connectivity index (χ3v) is 3.36. The first-order chi connectivity index (χ1) is 6.16. The van der Waals surface area contributed by atoms with Crippen molar-refractivity contribution in [3.8, 4) is 0 Å². The highest BCUT2D eigenvalue weighted by atomic mass is 32.2. The molecule has 1 atom stereocenters. The van der Waals surface area contributed by atoms with Gasteiger partial charge in [0.2, 0.25) is 10.0 Å². The lowest BCUT2D eigenvalue weighted by Gasteiger charge is -2.19. The van der Waals surface area contributed by atoms with Gasteiger partial charge in [0.15, 0.2) is 0 Å². The average molecular weight is 222 g/mol. The summed E-state index contributed by atoms with van der Waals surface area (Å²) in [7, 11) is -3.16. The van der Waals surface area contributed by atoms with Gasteiger partial charge in [-0.3, -0.25) is 0 Å². The Hall–Kier alpha value is -0.130. The highest BCUT2D eigenvalue weighted by Crippen LogP contribution is 2.18. The van der Waals surface area contributed by atoms with E-state index in [0.717, 1.165) is 0 Å². The summed E-state index contributed by atoms with van der Waals surface area (Å²) >= 11 is 0. The zero-order valence-electron chi connectivity index (χ0n) is 9.50. The fourth-order valence-corrected chi connectivity index (χ4v) is 2.56. The van der Waals surface area contributed by atoms with Crippen LogP contribution in [0.15, 0.2) is 0 Å². The quantitative estimate of drug-likeness (QED) is 0.719. The van der Waals surface area contributed by atoms with Crippen molar-refractivity contribution in [3.05, 3.63) is 0 Å². The third-order valence-electron chi connectivity index (χ3n) is 1.86. The van der Waals surface area contributed by atoms with E-state index in [2.05, 4.69) is 4.72 Å². The number of nitrogens with two attached hydrogens (primary N) is 1. The topological polar surface area (TPSA) is 72.2 Å². The molecule has 0 aromatic rings. The second-order valence-electron chi connectivity index (χ2n) is 4.88. The molecule has 0 heterocycles. The summed E-state index contributed by atoms with van der Waals surface area (Å²) in [6.45, 7) is 8.15. The minimum Gasteiger partial charge on any atom is -0.329 e. The molecular weight excluding hydrogens is 200 g/mol. The minimum absolute atomic E-state index is 0.0424. The van der Waals surface area contributed by atoms with Gasteiger partial charge in [-0.05, 0) is 18.8 Å². The largest absolute Gasteiger partial charge is 0.329 e. The lowest BCUT2D eigenvalue weighted by atomic mass is 9.94. The predicted octanol–water partition coefficient (Wildman–Crippen LogP) is 0.689. The average Bonchev–Trinajstić information content (AvgIpc) is 1.99. The van der Waals surface area contributed by atoms with Gasteiger partial charge in [-0.2, -0.15) is 0 Å². The Morgan fingerprint density at radius 2 is 1.86 bits per heavy atom. The molecule has 5 heteroatoms. The fourth-order valence-electron chi connectivity index (χ4n) is 0.854. The molecule has 0 rings (SSSR count). The molecule has 0 aliphatic heterocycles. The molecule has 4 nitrogen and oxygen atoms in total. The SMILES string of the molecule is C[C@H](CN)NS(=O)(=O)CCC(C)(C)C. The summed E-state index contributed by atoms with van der Waals surface area (Å²) in [6, 6.07) is -0.181. The molecule has 0 aromatic carbocycles. The molecular formula is C9H22N2O2S. The molecule has 0 aliphatic carbocycles. The zero-order chi connectivity index (χ0) is 11.4. The highest BCUT2D eigenvalue weighted by Gasteiger charge is 2.18. The molecule has 0 spiro atoms. The summed E-state index contributed by atoms with van der Waals surface area (Å²) in [5, 5.41) is 0. The first kappa shape index (κ1) is 13.9. The van der Waals surface area contributed by atoms with Crippen LogP contribution in [0, 0.1) is 5.41 Å². The molecule has 0 saturated heterocycles. The van der Waals surface area contributed by atoms with Gasteiger partial charge in [0.1, 0.15) is 0 Å². The Bertz CT molecular complexity index is 254. The molecule has 3 N–H and O–H groups in total. The maximum atomic E-state index is 11.5. The first-order valence-electron chi connectivity index (χ1n) is 4.86. The number of sulfonamides is 1. The second-order valence-corrected chi connectivity index (χ2v) is 6.76. The lowest BCUT2D eigenvalue weighted by molar-refractivity contribution is 0.396. The molecule has 0 unspecified atom stereocenters. The van der Waals surface area contributed by atoms with Crippen LogP contribution in [-0.4, -0.2) is 26.8 Å². The van der Waals surface area contributed by atoms with Crippen molar-refractivity contribution in [3.63, 3.8) is 0 Å². The van der Waals surface area contributed by atoms with Crippen LogP contribution >= 0.6 is 0 Å². The maximum absolute atomic E-state index is 11.5. The Balaban J connectivity index is 4.10. The Morgan fingerprint density at radius 3 is 2.21 bits per heavy atom. The van der Waals surface area contributed by atoms with Gasteiger partial charge in [0.25, 0.3) is 0 Å². The van der Waals surface area contributed by atoms with Gasteiger partial charge in [-0.25, -0.2) is 13.1 Å². The van der Waals surface area contributed by atoms with Crippen molar-refractivity contribution < 1.29 is 8.42 Å². The molecule has 86 valence electrons. The van der Waals surface area contributed by atoms with Crippen molar-refractivity contribution in [2.75, 3.05) is 12.3 Å². The van der Waals surface area contributed by atoms with Crippen LogP contribution in [0.4, 0.5) is 0 Å². The monoisotopic (exact) mass is 222 g/mol. The van der Waals surface area contributed by atoms with Crippen molar-refractivity contribution in [2.24, 2.45) is 11.1 Å². The molecule has 0 amide bonds. The van der Waals surface area contributed by atoms with Gasteiger partial charge in [0, 0.05) is 12.6 Å². The molecule has 0 saturated carbocycles. The van der Waals surface area contributed by atoms with Crippen molar-refractivity contribution in [1.29, 1.82) is 0 Å². The van der Waals surface area contributed by atoms with Crippen molar-refractivity contribution in [1.82, 2.24) is 4.72 Å². The number of hydrogen-bond donors (Lipinski definition) is 2. The second kappa shape index (κ2) is 5.09. The van der Waals surface area contributed by atoms with Crippen molar-refractivity contribution >= 4 is 10.0 Å². The highest BCUT2D eigenvalue weighted by molar-refractivity contribution is 7.89. The van der Waals surface area contributed by atoms with Gasteiger partial charge in [-0.1, -0.05) is 20.8 Å². The zero-order valence-corrected chi connectivity index (χ0v) is 10.3. The molecule has 0 bridgehead atoms. The summed E-state index contributed by atoms with van der Waals surface area (Å²) < 4.78 is 25.5. The van der Waals surface area contributed by atoms with E-state index in [1.165, 1.54) is 0 Å². The standard InChI is InChI=1S/C9H22N2O2S/c1-8(7-10)11-14(12,13)6-5-9(2,3)4/h8,11H,5-7,10H2,1-4H3/t8-/m1/s1. The molecule has 14 heavy (non-hydrogen) atoms. The van der Waals surface area contributed by atoms with Crippen LogP contribution in [0.3, 0.4) is 0 Å². The van der Waals surface area contributed by atoms with Crippen LogP contribution in [0.2, 0.25) is 0 Å². The number of rotatable bonds is 5. The summed E-state index contributed by atoms with van der Waals surface area (Å²) in [5.74, 6) is 0.167. The molecule has 0 fully saturated rings. The van der Waals surface area contributed by atoms with Gasteiger partial charge >= 0.3 is 0 Å². The smallest absolute Gasteiger partial charge is 0.211 e. The molecule has 0 radical (unpaired) electrons. The number of hydrogen-bond acceptors (Lipinski definition) is 3. The normalized spacial score (nSPS) is 15.5. The van der Waals surface area contributed by atoms with E-state index in [1.807, 2.05) is 20.8 Å². The van der Waals surface area contributed by atoms with Crippen LogP contribution < -0.4 is 10.5 Å². The summed E-state index contributed by atoms with van der Waals surface area (Å²) in [4.78, 5) is 0. The fraction of sp³-hybridized carbons (Fsp3) is 1.00. The van der Waals surface area contributed by atoms with Gasteiger partial charge in [0.05, 0.1) is 5.75 Å². The number of nitrogens with one attached hydrogen (secondary N) is 1. The van der Waals surface area contributed by atoms with E-state index < -0.39 is 10.0 Å². The Labute approximate surface area is 87.3 Å². The van der Waals surface area contributed by atoms with E-state index in [-0.39, 0.29) is 17.2 Å². The molecule has 0 aromatic heterocycles. The van der Waals surface area contributed by atoms with Gasteiger partial charge < -0.3 is 5.73 Å². The van der Waals surface area contributed by atoms with E-state index in [0.29, 0.717) is 13.0 Å². The first-order valence-corrected chi connectivity index (χ1v) is 6.51. The molecule has 0 aliphatic rings. The van der Waals surface area contributed by atoms with Gasteiger partial charge in [-0.15, -0.1) is 0 Å². The van der Waals surface area contributed by atoms with Crippen LogP contribution in [-0.2, 0) is 10.0 Å². The lowest BCUT2D eigenvalue weighted by Crippen LogP contribution is -2.39. The van der Waals surface area contributed by atoms with Crippen LogP contribution in [0.1, 0.15) is 34.1 Å². The third kappa shape index (κ3) is 7.29. The van der Waals surface area contributed by atoms with E-state index in [9.17, 15) is 8.42 Å². The van der Waals surface area contributed by atoms with E-state index in [1.54, 1.807) is 6.92 Å². The maximum Gasteiger partial charge on any atom is 0.211 e. The van der Waals surface area contributed by atoms with Crippen LogP contribution in [0.25, 0.3) is 0 Å². The van der Waals surface area contributed by atoms with E-state index >= 15 is 0 Å². The van der Waals surface area contributed by atoms with Crippen molar-refractivity contribution in [2.45, 2.75) is 40.2 Å². The summed E-state index contributed by atoms with van der Waals surface area (Å²) in [5.41, 5.74) is 5.38. The predicted molar refractivity (Wildman–Crippen MR) is 59.5 cm³/mol. The van der Waals surface area contributed by atoms with Crippen LogP contribution in [0.5, 0.6) is 0 Å². The minimum atomic E-state index is -3.16. The van der Waals surface area contributed by atoms with E-state index in [4.69, 9.17) is 5.73 Å². The Morgan fingerprint density at radius 1 is 1.36 bits per heavy atom. The summed E-state index contributed by atoms with van der Waals surface area (Å²) in [6.07, 6.45) is 0.652.